The molecule has 3 rings (SSSR count). The molecule has 112 valence electrons. The Morgan fingerprint density at radius 1 is 1.36 bits per heavy atom. The number of carbonyl (C=O) groups excluding carboxylic acids is 1. The van der Waals surface area contributed by atoms with Crippen LogP contribution in [0.15, 0.2) is 24.5 Å². The van der Waals surface area contributed by atoms with E-state index >= 15 is 0 Å². The van der Waals surface area contributed by atoms with Gasteiger partial charge in [-0.2, -0.15) is 0 Å². The topological polar surface area (TPSA) is 120 Å². The molecule has 22 heavy (non-hydrogen) atoms. The molecule has 0 radical (unpaired) electrons. The van der Waals surface area contributed by atoms with Crippen LogP contribution in [0.5, 0.6) is 0 Å². The van der Waals surface area contributed by atoms with Crippen LogP contribution in [0, 0.1) is 0 Å². The fourth-order valence-electron chi connectivity index (χ4n) is 2.47. The van der Waals surface area contributed by atoms with Crippen molar-refractivity contribution in [2.75, 3.05) is 12.8 Å². The Bertz CT molecular complexity index is 916. The van der Waals surface area contributed by atoms with Crippen molar-refractivity contribution in [3.05, 3.63) is 30.1 Å². The Morgan fingerprint density at radius 2 is 2.14 bits per heavy atom. The average molecular weight is 300 g/mol. The van der Waals surface area contributed by atoms with Crippen molar-refractivity contribution in [3.63, 3.8) is 0 Å². The van der Waals surface area contributed by atoms with Crippen molar-refractivity contribution in [1.29, 1.82) is 0 Å². The molecule has 0 spiro atoms. The molecule has 0 saturated heterocycles. The maximum absolute atomic E-state index is 11.7. The van der Waals surface area contributed by atoms with Crippen LogP contribution in [-0.4, -0.2) is 38.7 Å². The highest BCUT2D eigenvalue weighted by Gasteiger charge is 2.18. The molecule has 0 aliphatic heterocycles. The van der Waals surface area contributed by atoms with Gasteiger partial charge in [-0.15, -0.1) is 0 Å². The van der Waals surface area contributed by atoms with Crippen molar-refractivity contribution >= 4 is 39.7 Å². The second kappa shape index (κ2) is 4.99. The zero-order chi connectivity index (χ0) is 15.9. The second-order valence-electron chi connectivity index (χ2n) is 4.66. The number of aromatic nitrogens is 3. The lowest BCUT2D eigenvalue weighted by Gasteiger charge is -2.04. The summed E-state index contributed by atoms with van der Waals surface area (Å²) in [6, 6.07) is 4.83. The molecule has 8 heteroatoms. The smallest absolute Gasteiger partial charge is 0.337 e. The molecule has 2 aromatic heterocycles. The lowest BCUT2D eigenvalue weighted by Crippen LogP contribution is -2.09. The normalized spacial score (nSPS) is 11.0. The molecule has 0 saturated carbocycles. The summed E-state index contributed by atoms with van der Waals surface area (Å²) in [5.41, 5.74) is 7.15. The SMILES string of the molecule is COC(=O)c1ccc2c3c(N)ncnc3n(CC(=O)O)c2c1. The van der Waals surface area contributed by atoms with Gasteiger partial charge in [0.15, 0.2) is 0 Å². The number of methoxy groups -OCH3 is 1. The number of carboxylic acids is 1. The van der Waals surface area contributed by atoms with Crippen molar-refractivity contribution in [1.82, 2.24) is 14.5 Å². The molecule has 3 N–H and O–H groups in total. The molecule has 2 heterocycles. The first kappa shape index (κ1) is 13.8. The number of esters is 1. The van der Waals surface area contributed by atoms with Gasteiger partial charge in [-0.25, -0.2) is 14.8 Å². The van der Waals surface area contributed by atoms with Crippen LogP contribution in [0.1, 0.15) is 10.4 Å². The molecule has 0 bridgehead atoms. The van der Waals surface area contributed by atoms with Gasteiger partial charge in [0.2, 0.25) is 0 Å². The van der Waals surface area contributed by atoms with E-state index in [2.05, 4.69) is 14.7 Å². The lowest BCUT2D eigenvalue weighted by molar-refractivity contribution is -0.137. The molecule has 0 amide bonds. The van der Waals surface area contributed by atoms with E-state index in [0.717, 1.165) is 0 Å². The molecule has 0 fully saturated rings. The number of carbonyl (C=O) groups is 2. The first-order valence-electron chi connectivity index (χ1n) is 6.35. The number of nitrogens with zero attached hydrogens (tertiary/aromatic N) is 3. The Morgan fingerprint density at radius 3 is 2.82 bits per heavy atom. The summed E-state index contributed by atoms with van der Waals surface area (Å²) in [7, 11) is 1.28. The van der Waals surface area contributed by atoms with Crippen LogP contribution >= 0.6 is 0 Å². The highest BCUT2D eigenvalue weighted by molar-refractivity contribution is 6.12. The van der Waals surface area contributed by atoms with Gasteiger partial charge in [0, 0.05) is 5.39 Å². The minimum Gasteiger partial charge on any atom is -0.480 e. The Balaban J connectivity index is 2.41. The standard InChI is InChI=1S/C14H12N4O4/c1-22-14(21)7-2-3-8-9(4-7)18(5-10(19)20)13-11(8)12(15)16-6-17-13/h2-4,6H,5H2,1H3,(H,19,20)(H2,15,16,17). The predicted molar refractivity (Wildman–Crippen MR) is 78.4 cm³/mol. The second-order valence-corrected chi connectivity index (χ2v) is 4.66. The molecule has 8 nitrogen and oxygen atoms in total. The zero-order valence-corrected chi connectivity index (χ0v) is 11.6. The van der Waals surface area contributed by atoms with Gasteiger partial charge >= 0.3 is 11.9 Å². The van der Waals surface area contributed by atoms with Crippen LogP contribution in [0.2, 0.25) is 0 Å². The van der Waals surface area contributed by atoms with Gasteiger partial charge in [0.05, 0.1) is 23.6 Å². The quantitative estimate of drug-likeness (QED) is 0.693. The zero-order valence-electron chi connectivity index (χ0n) is 11.6. The Kier molecular flexibility index (Phi) is 3.13. The molecular weight excluding hydrogens is 288 g/mol. The summed E-state index contributed by atoms with van der Waals surface area (Å²) in [4.78, 5) is 30.9. The van der Waals surface area contributed by atoms with E-state index < -0.39 is 11.9 Å². The van der Waals surface area contributed by atoms with E-state index in [9.17, 15) is 9.59 Å². The minimum absolute atomic E-state index is 0.255. The molecule has 0 unspecified atom stereocenters. The summed E-state index contributed by atoms with van der Waals surface area (Å²) in [6.07, 6.45) is 1.27. The number of hydrogen-bond acceptors (Lipinski definition) is 6. The summed E-state index contributed by atoms with van der Waals surface area (Å²) >= 11 is 0. The van der Waals surface area contributed by atoms with E-state index in [4.69, 9.17) is 10.8 Å². The summed E-state index contributed by atoms with van der Waals surface area (Å²) < 4.78 is 6.17. The van der Waals surface area contributed by atoms with E-state index in [1.54, 1.807) is 18.2 Å². The van der Waals surface area contributed by atoms with Crippen LogP contribution < -0.4 is 5.73 Å². The average Bonchev–Trinajstić information content (AvgIpc) is 2.81. The minimum atomic E-state index is -1.03. The number of hydrogen-bond donors (Lipinski definition) is 2. The van der Waals surface area contributed by atoms with E-state index in [1.165, 1.54) is 18.0 Å². The van der Waals surface area contributed by atoms with E-state index in [-0.39, 0.29) is 12.4 Å². The third-order valence-corrected chi connectivity index (χ3v) is 3.38. The van der Waals surface area contributed by atoms with E-state index in [1.807, 2.05) is 0 Å². The first-order valence-corrected chi connectivity index (χ1v) is 6.35. The van der Waals surface area contributed by atoms with Crippen molar-refractivity contribution in [3.8, 4) is 0 Å². The summed E-state index contributed by atoms with van der Waals surface area (Å²) in [5, 5.41) is 10.4. The number of carboxylic acid groups (broad SMARTS) is 1. The van der Waals surface area contributed by atoms with Crippen LogP contribution in [0.4, 0.5) is 5.82 Å². The highest BCUT2D eigenvalue weighted by atomic mass is 16.5. The highest BCUT2D eigenvalue weighted by Crippen LogP contribution is 2.31. The maximum Gasteiger partial charge on any atom is 0.337 e. The number of aliphatic carboxylic acids is 1. The first-order chi connectivity index (χ1) is 10.5. The summed E-state index contributed by atoms with van der Waals surface area (Å²) in [5.74, 6) is -1.28. The number of rotatable bonds is 3. The molecule has 0 aliphatic carbocycles. The monoisotopic (exact) mass is 300 g/mol. The predicted octanol–water partition coefficient (Wildman–Crippen LogP) is 1.04. The van der Waals surface area contributed by atoms with Crippen molar-refractivity contribution < 1.29 is 19.4 Å². The number of ether oxygens (including phenoxy) is 1. The Hall–Kier alpha value is -3.16. The maximum atomic E-state index is 11.7. The number of benzene rings is 1. The molecule has 1 aromatic carbocycles. The van der Waals surface area contributed by atoms with Gasteiger partial charge in [-0.05, 0) is 12.1 Å². The number of anilines is 1. The Labute approximate surface area is 124 Å². The molecule has 3 aromatic rings. The largest absolute Gasteiger partial charge is 0.480 e. The molecular formula is C14H12N4O4. The lowest BCUT2D eigenvalue weighted by atomic mass is 10.1. The third-order valence-electron chi connectivity index (χ3n) is 3.38. The molecule has 0 aliphatic rings. The van der Waals surface area contributed by atoms with Crippen LogP contribution in [0.25, 0.3) is 21.9 Å². The van der Waals surface area contributed by atoms with Gasteiger partial charge in [0.25, 0.3) is 0 Å². The summed E-state index contributed by atoms with van der Waals surface area (Å²) in [6.45, 7) is -0.304. The third kappa shape index (κ3) is 2.01. The number of fused-ring (bicyclic) bond motifs is 3. The molecule has 0 atom stereocenters. The van der Waals surface area contributed by atoms with Gasteiger partial charge in [0.1, 0.15) is 24.3 Å². The number of nitrogen functional groups attached to an aromatic ring is 1. The van der Waals surface area contributed by atoms with E-state index in [0.29, 0.717) is 27.5 Å². The van der Waals surface area contributed by atoms with Crippen LogP contribution in [-0.2, 0) is 16.1 Å². The van der Waals surface area contributed by atoms with Gasteiger partial charge in [-0.1, -0.05) is 6.07 Å². The van der Waals surface area contributed by atoms with Crippen LogP contribution in [0.3, 0.4) is 0 Å². The number of nitrogens with two attached hydrogens (primary N) is 1. The fourth-order valence-corrected chi connectivity index (χ4v) is 2.47. The van der Waals surface area contributed by atoms with Crippen molar-refractivity contribution in [2.24, 2.45) is 0 Å². The van der Waals surface area contributed by atoms with Gasteiger partial charge in [-0.3, -0.25) is 4.79 Å². The van der Waals surface area contributed by atoms with Crippen molar-refractivity contribution in [2.45, 2.75) is 6.54 Å². The van der Waals surface area contributed by atoms with Gasteiger partial charge < -0.3 is 20.1 Å². The fraction of sp³-hybridized carbons (Fsp3) is 0.143.